The normalized spacial score (nSPS) is 13.9. The van der Waals surface area contributed by atoms with Gasteiger partial charge in [0.05, 0.1) is 17.4 Å². The zero-order valence-corrected chi connectivity index (χ0v) is 17.7. The lowest BCUT2D eigenvalue weighted by atomic mass is 9.92. The molecule has 1 aromatic heterocycles. The van der Waals surface area contributed by atoms with Crippen LogP contribution in [0.4, 0.5) is 0 Å². The zero-order valence-electron chi connectivity index (χ0n) is 16.2. The van der Waals surface area contributed by atoms with E-state index in [9.17, 15) is 10.1 Å². The van der Waals surface area contributed by atoms with Crippen LogP contribution in [0.5, 0.6) is 0 Å². The van der Waals surface area contributed by atoms with Crippen molar-refractivity contribution in [2.45, 2.75) is 37.9 Å². The maximum Gasteiger partial charge on any atom is 0.316 e. The second kappa shape index (κ2) is 8.95. The molecule has 0 amide bonds. The van der Waals surface area contributed by atoms with E-state index in [2.05, 4.69) is 18.0 Å². The summed E-state index contributed by atoms with van der Waals surface area (Å²) in [4.78, 5) is 18.9. The monoisotopic (exact) mass is 415 g/mol. The van der Waals surface area contributed by atoms with Crippen LogP contribution in [0.1, 0.15) is 30.7 Å². The minimum absolute atomic E-state index is 0.124. The molecule has 5 nitrogen and oxygen atoms in total. The van der Waals surface area contributed by atoms with Crippen molar-refractivity contribution in [1.82, 2.24) is 9.88 Å². The first-order valence-corrected chi connectivity index (χ1v) is 10.5. The smallest absolute Gasteiger partial charge is 0.316 e. The van der Waals surface area contributed by atoms with Crippen LogP contribution in [-0.4, -0.2) is 41.3 Å². The van der Waals surface area contributed by atoms with Gasteiger partial charge in [-0.25, -0.2) is 4.98 Å². The van der Waals surface area contributed by atoms with Gasteiger partial charge in [0.1, 0.15) is 11.1 Å². The van der Waals surface area contributed by atoms with E-state index in [1.54, 1.807) is 0 Å². The largest absolute Gasteiger partial charge is 0.462 e. The number of carbonyl (C=O) groups excluding carboxylic acids is 1. The van der Waals surface area contributed by atoms with Gasteiger partial charge < -0.3 is 9.64 Å². The molecule has 0 unspecified atom stereocenters. The van der Waals surface area contributed by atoms with E-state index in [1.165, 1.54) is 11.8 Å². The van der Waals surface area contributed by atoms with Gasteiger partial charge in [-0.1, -0.05) is 35.5 Å². The number of halogens is 1. The summed E-state index contributed by atoms with van der Waals surface area (Å²) < 4.78 is 5.21. The second-order valence-corrected chi connectivity index (χ2v) is 8.43. The molecule has 0 atom stereocenters. The topological polar surface area (TPSA) is 66.2 Å². The molecule has 2 aromatic rings. The number of nitriles is 1. The van der Waals surface area contributed by atoms with Crippen LogP contribution in [-0.2, 0) is 22.5 Å². The predicted octanol–water partition coefficient (Wildman–Crippen LogP) is 4.31. The molecule has 1 aromatic carbocycles. The Morgan fingerprint density at radius 3 is 2.75 bits per heavy atom. The van der Waals surface area contributed by atoms with Crippen LogP contribution in [0.2, 0.25) is 5.02 Å². The fourth-order valence-corrected chi connectivity index (χ4v) is 4.15. The average Bonchev–Trinajstić information content (AvgIpc) is 2.65. The Bertz CT molecular complexity index is 923. The van der Waals surface area contributed by atoms with Crippen molar-refractivity contribution in [2.24, 2.45) is 0 Å². The van der Waals surface area contributed by atoms with Gasteiger partial charge in [0.25, 0.3) is 0 Å². The molecule has 0 bridgehead atoms. The van der Waals surface area contributed by atoms with Gasteiger partial charge in [-0.2, -0.15) is 5.26 Å². The summed E-state index contributed by atoms with van der Waals surface area (Å²) in [5.74, 6) is -0.185. The standard InChI is InChI=1S/C21H22ClN3O2S/c1-13(2)27-19(26)12-28-21-16(10-23)20(14-4-6-15(22)7-5-14)17-11-25(3)9-8-18(17)24-21/h4-7,13H,8-9,11-12H2,1-3H3. The van der Waals surface area contributed by atoms with Gasteiger partial charge in [0, 0.05) is 35.8 Å². The van der Waals surface area contributed by atoms with Crippen LogP contribution in [0.25, 0.3) is 11.1 Å². The molecule has 0 saturated heterocycles. The molecule has 1 aliphatic heterocycles. The highest BCUT2D eigenvalue weighted by Gasteiger charge is 2.25. The third-order valence-electron chi connectivity index (χ3n) is 4.45. The van der Waals surface area contributed by atoms with Crippen molar-refractivity contribution < 1.29 is 9.53 Å². The molecule has 0 aliphatic carbocycles. The molecule has 28 heavy (non-hydrogen) atoms. The van der Waals surface area contributed by atoms with E-state index in [1.807, 2.05) is 38.1 Å². The maximum atomic E-state index is 12.0. The maximum absolute atomic E-state index is 12.0. The van der Waals surface area contributed by atoms with Crippen LogP contribution < -0.4 is 0 Å². The Kier molecular flexibility index (Phi) is 6.61. The van der Waals surface area contributed by atoms with Crippen molar-refractivity contribution in [3.05, 3.63) is 46.1 Å². The Morgan fingerprint density at radius 2 is 2.11 bits per heavy atom. The Hall–Kier alpha value is -2.07. The molecule has 146 valence electrons. The number of thioether (sulfide) groups is 1. The van der Waals surface area contributed by atoms with E-state index in [0.29, 0.717) is 15.6 Å². The van der Waals surface area contributed by atoms with E-state index < -0.39 is 0 Å². The number of likely N-dealkylation sites (N-methyl/N-ethyl adjacent to an activating group) is 1. The van der Waals surface area contributed by atoms with Crippen molar-refractivity contribution in [2.75, 3.05) is 19.3 Å². The number of ether oxygens (including phenoxy) is 1. The van der Waals surface area contributed by atoms with Crippen molar-refractivity contribution in [3.8, 4) is 17.2 Å². The molecule has 0 N–H and O–H groups in total. The van der Waals surface area contributed by atoms with Crippen LogP contribution in [0, 0.1) is 11.3 Å². The lowest BCUT2D eigenvalue weighted by Gasteiger charge is -2.28. The third kappa shape index (κ3) is 4.67. The summed E-state index contributed by atoms with van der Waals surface area (Å²) in [6.07, 6.45) is 0.641. The molecule has 3 rings (SSSR count). The van der Waals surface area contributed by atoms with E-state index in [0.717, 1.165) is 41.9 Å². The van der Waals surface area contributed by atoms with Crippen molar-refractivity contribution in [1.29, 1.82) is 5.26 Å². The first-order valence-electron chi connectivity index (χ1n) is 9.11. The van der Waals surface area contributed by atoms with E-state index >= 15 is 0 Å². The second-order valence-electron chi connectivity index (χ2n) is 7.03. The van der Waals surface area contributed by atoms with Gasteiger partial charge in [-0.05, 0) is 44.2 Å². The van der Waals surface area contributed by atoms with Crippen molar-refractivity contribution in [3.63, 3.8) is 0 Å². The molecule has 0 fully saturated rings. The summed E-state index contributed by atoms with van der Waals surface area (Å²) in [6, 6.07) is 9.82. The number of fused-ring (bicyclic) bond motifs is 1. The summed E-state index contributed by atoms with van der Waals surface area (Å²) in [7, 11) is 2.06. The highest BCUT2D eigenvalue weighted by atomic mass is 35.5. The van der Waals surface area contributed by atoms with Gasteiger partial charge in [-0.15, -0.1) is 0 Å². The minimum atomic E-state index is -0.309. The number of aromatic nitrogens is 1. The minimum Gasteiger partial charge on any atom is -0.462 e. The number of pyridine rings is 1. The number of nitrogens with zero attached hydrogens (tertiary/aromatic N) is 3. The first-order chi connectivity index (χ1) is 13.4. The zero-order chi connectivity index (χ0) is 20.3. The number of benzene rings is 1. The lowest BCUT2D eigenvalue weighted by molar-refractivity contribution is -0.144. The van der Waals surface area contributed by atoms with Crippen LogP contribution in [0.15, 0.2) is 29.3 Å². The van der Waals surface area contributed by atoms with Crippen LogP contribution in [0.3, 0.4) is 0 Å². The van der Waals surface area contributed by atoms with Gasteiger partial charge in [0.15, 0.2) is 0 Å². The number of hydrogen-bond acceptors (Lipinski definition) is 6. The van der Waals surface area contributed by atoms with Gasteiger partial charge >= 0.3 is 5.97 Å². The van der Waals surface area contributed by atoms with Gasteiger partial charge in [0.2, 0.25) is 0 Å². The number of rotatable bonds is 5. The first kappa shape index (κ1) is 20.7. The highest BCUT2D eigenvalue weighted by molar-refractivity contribution is 7.99. The molecular formula is C21H22ClN3O2S. The summed E-state index contributed by atoms with van der Waals surface area (Å²) >= 11 is 7.32. The SMILES string of the molecule is CC(C)OC(=O)CSc1nc2c(c(-c3ccc(Cl)cc3)c1C#N)CN(C)CC2. The molecule has 7 heteroatoms. The number of hydrogen-bond donors (Lipinski definition) is 0. The lowest BCUT2D eigenvalue weighted by Crippen LogP contribution is -2.28. The summed E-state index contributed by atoms with van der Waals surface area (Å²) in [5.41, 5.74) is 4.37. The Balaban J connectivity index is 2.06. The molecule has 2 heterocycles. The highest BCUT2D eigenvalue weighted by Crippen LogP contribution is 2.37. The van der Waals surface area contributed by atoms with Crippen molar-refractivity contribution >= 4 is 29.3 Å². The quantitative estimate of drug-likeness (QED) is 0.535. The number of esters is 1. The van der Waals surface area contributed by atoms with Crippen LogP contribution >= 0.6 is 23.4 Å². The predicted molar refractivity (Wildman–Crippen MR) is 111 cm³/mol. The summed E-state index contributed by atoms with van der Waals surface area (Å²) in [6.45, 7) is 5.27. The molecule has 0 spiro atoms. The molecule has 1 aliphatic rings. The fourth-order valence-electron chi connectivity index (χ4n) is 3.24. The number of carbonyl (C=O) groups is 1. The van der Waals surface area contributed by atoms with E-state index in [-0.39, 0.29) is 17.8 Å². The Morgan fingerprint density at radius 1 is 1.39 bits per heavy atom. The molecule has 0 radical (unpaired) electrons. The third-order valence-corrected chi connectivity index (χ3v) is 5.65. The summed E-state index contributed by atoms with van der Waals surface area (Å²) in [5, 5.41) is 11.2. The fraction of sp³-hybridized carbons (Fsp3) is 0.381. The van der Waals surface area contributed by atoms with E-state index in [4.69, 9.17) is 21.3 Å². The molecular weight excluding hydrogens is 394 g/mol. The average molecular weight is 416 g/mol. The Labute approximate surface area is 174 Å². The molecule has 0 saturated carbocycles. The van der Waals surface area contributed by atoms with Gasteiger partial charge in [-0.3, -0.25) is 4.79 Å².